The summed E-state index contributed by atoms with van der Waals surface area (Å²) in [5.74, 6) is -4.46. The molecule has 0 radical (unpaired) electrons. The molecule has 210 valence electrons. The highest BCUT2D eigenvalue weighted by Crippen LogP contribution is 2.43. The topological polar surface area (TPSA) is 73.8 Å². The fraction of sp³-hybridized carbons (Fsp3) is 0.481. The minimum atomic E-state index is -2.67. The van der Waals surface area contributed by atoms with Gasteiger partial charge < -0.3 is 20.1 Å². The van der Waals surface area contributed by atoms with Crippen molar-refractivity contribution < 1.29 is 27.4 Å². The monoisotopic (exact) mass is 567 g/mol. The number of hydrogen-bond acceptors (Lipinski definition) is 7. The standard InChI is InChI=1S/C27H30ClF4N5O2/c1-15-13-37(16(2)12-33-15)25-17-11-18(28)21(22-19(29)5-3-6-20(22)38)23(30)24(17)34-26(35-25)39-10-4-8-36-9-7-27(31,32)14-36/h3,5-6,11,15-16,33,38H,4,7-10,12-14H2,1-2H3/t15-,16+/m1/s1. The summed E-state index contributed by atoms with van der Waals surface area (Å²) in [7, 11) is 0. The molecule has 3 aromatic rings. The van der Waals surface area contributed by atoms with Gasteiger partial charge in [-0.3, -0.25) is 4.90 Å². The predicted octanol–water partition coefficient (Wildman–Crippen LogP) is 5.23. The van der Waals surface area contributed by atoms with E-state index >= 15 is 4.39 Å². The van der Waals surface area contributed by atoms with Crippen LogP contribution >= 0.6 is 11.6 Å². The van der Waals surface area contributed by atoms with Crippen LogP contribution in [0.2, 0.25) is 5.02 Å². The summed E-state index contributed by atoms with van der Waals surface area (Å²) in [4.78, 5) is 12.6. The number of halogens is 5. The van der Waals surface area contributed by atoms with Crippen LogP contribution in [-0.4, -0.2) is 77.3 Å². The molecule has 0 bridgehead atoms. The van der Waals surface area contributed by atoms with E-state index in [0.29, 0.717) is 43.8 Å². The lowest BCUT2D eigenvalue weighted by molar-refractivity contribution is 0.0118. The van der Waals surface area contributed by atoms with Gasteiger partial charge in [0.1, 0.15) is 22.9 Å². The van der Waals surface area contributed by atoms with E-state index < -0.39 is 23.3 Å². The first-order valence-corrected chi connectivity index (χ1v) is 13.3. The molecule has 0 saturated carbocycles. The molecule has 1 aromatic heterocycles. The van der Waals surface area contributed by atoms with Crippen molar-refractivity contribution in [2.24, 2.45) is 0 Å². The van der Waals surface area contributed by atoms with Gasteiger partial charge in [-0.25, -0.2) is 17.6 Å². The molecule has 39 heavy (non-hydrogen) atoms. The lowest BCUT2D eigenvalue weighted by Gasteiger charge is -2.39. The van der Waals surface area contributed by atoms with Crippen molar-refractivity contribution in [2.75, 3.05) is 44.2 Å². The number of ether oxygens (including phenoxy) is 1. The number of fused-ring (bicyclic) bond motifs is 1. The predicted molar refractivity (Wildman–Crippen MR) is 142 cm³/mol. The minimum Gasteiger partial charge on any atom is -0.507 e. The zero-order valence-corrected chi connectivity index (χ0v) is 22.4. The number of phenolic OH excluding ortho intramolecular Hbond substituents is 1. The number of likely N-dealkylation sites (tertiary alicyclic amines) is 1. The summed E-state index contributed by atoms with van der Waals surface area (Å²) in [6.45, 7) is 5.86. The van der Waals surface area contributed by atoms with Crippen molar-refractivity contribution >= 4 is 28.3 Å². The van der Waals surface area contributed by atoms with Gasteiger partial charge in [0.05, 0.1) is 23.7 Å². The molecule has 0 aliphatic carbocycles. The first kappa shape index (κ1) is 27.7. The van der Waals surface area contributed by atoms with Crippen LogP contribution in [0, 0.1) is 11.6 Å². The Kier molecular flexibility index (Phi) is 7.76. The van der Waals surface area contributed by atoms with E-state index in [0.717, 1.165) is 6.07 Å². The number of aromatic hydroxyl groups is 1. The highest BCUT2D eigenvalue weighted by Gasteiger charge is 2.37. The summed E-state index contributed by atoms with van der Waals surface area (Å²) in [6, 6.07) is 5.18. The van der Waals surface area contributed by atoms with Crippen molar-refractivity contribution in [1.82, 2.24) is 20.2 Å². The van der Waals surface area contributed by atoms with Crippen molar-refractivity contribution in [3.63, 3.8) is 0 Å². The average Bonchev–Trinajstić information content (AvgIpc) is 3.23. The molecule has 2 aliphatic rings. The number of alkyl halides is 2. The van der Waals surface area contributed by atoms with Gasteiger partial charge in [0, 0.05) is 55.6 Å². The Morgan fingerprint density at radius 3 is 2.72 bits per heavy atom. The molecule has 7 nitrogen and oxygen atoms in total. The summed E-state index contributed by atoms with van der Waals surface area (Å²) < 4.78 is 63.6. The highest BCUT2D eigenvalue weighted by molar-refractivity contribution is 6.34. The number of rotatable bonds is 7. The van der Waals surface area contributed by atoms with E-state index in [-0.39, 0.29) is 59.3 Å². The minimum absolute atomic E-state index is 0.00103. The SMILES string of the molecule is C[C@@H]1CN(c2nc(OCCCN3CCC(F)(F)C3)nc3c(F)c(-c4c(O)cccc4F)c(Cl)cc23)[C@@H](C)CN1. The maximum absolute atomic E-state index is 16.1. The lowest BCUT2D eigenvalue weighted by atomic mass is 10.0. The van der Waals surface area contributed by atoms with Gasteiger partial charge in [-0.05, 0) is 38.5 Å². The molecule has 12 heteroatoms. The molecule has 2 N–H and O–H groups in total. The fourth-order valence-corrected chi connectivity index (χ4v) is 5.49. The third-order valence-electron chi connectivity index (χ3n) is 7.22. The van der Waals surface area contributed by atoms with Gasteiger partial charge in [0.15, 0.2) is 5.82 Å². The smallest absolute Gasteiger partial charge is 0.319 e. The number of piperazine rings is 1. The number of aromatic nitrogens is 2. The van der Waals surface area contributed by atoms with E-state index in [1.165, 1.54) is 18.2 Å². The van der Waals surface area contributed by atoms with Gasteiger partial charge in [0.25, 0.3) is 5.92 Å². The van der Waals surface area contributed by atoms with Crippen LogP contribution < -0.4 is 15.0 Å². The largest absolute Gasteiger partial charge is 0.507 e. The number of anilines is 1. The number of phenols is 1. The molecule has 2 aromatic carbocycles. The van der Waals surface area contributed by atoms with Crippen molar-refractivity contribution in [3.05, 3.63) is 40.9 Å². The first-order chi connectivity index (χ1) is 18.5. The van der Waals surface area contributed by atoms with Crippen molar-refractivity contribution in [1.29, 1.82) is 0 Å². The second-order valence-electron chi connectivity index (χ2n) is 10.3. The van der Waals surface area contributed by atoms with Crippen LogP contribution in [0.3, 0.4) is 0 Å². The Balaban J connectivity index is 1.52. The zero-order valence-electron chi connectivity index (χ0n) is 21.7. The third kappa shape index (κ3) is 5.71. The van der Waals surface area contributed by atoms with Crippen molar-refractivity contribution in [2.45, 2.75) is 44.7 Å². The Bertz CT molecular complexity index is 1360. The zero-order chi connectivity index (χ0) is 27.9. The van der Waals surface area contributed by atoms with Gasteiger partial charge in [0.2, 0.25) is 0 Å². The molecular formula is C27H30ClF4N5O2. The van der Waals surface area contributed by atoms with Crippen LogP contribution in [0.15, 0.2) is 24.3 Å². The Morgan fingerprint density at radius 2 is 2.00 bits per heavy atom. The average molecular weight is 568 g/mol. The van der Waals surface area contributed by atoms with Crippen LogP contribution in [0.1, 0.15) is 26.7 Å². The number of nitrogens with zero attached hydrogens (tertiary/aromatic N) is 4. The number of benzene rings is 2. The van der Waals surface area contributed by atoms with Crippen LogP contribution in [-0.2, 0) is 0 Å². The molecule has 3 heterocycles. The molecule has 0 spiro atoms. The Labute approximate surface area is 228 Å². The number of nitrogens with one attached hydrogen (secondary N) is 1. The van der Waals surface area contributed by atoms with Crippen molar-refractivity contribution in [3.8, 4) is 22.9 Å². The third-order valence-corrected chi connectivity index (χ3v) is 7.52. The van der Waals surface area contributed by atoms with E-state index in [1.54, 1.807) is 4.90 Å². The molecular weight excluding hydrogens is 538 g/mol. The summed E-state index contributed by atoms with van der Waals surface area (Å²) in [5, 5.41) is 13.9. The van der Waals surface area contributed by atoms with Crippen LogP contribution in [0.5, 0.6) is 11.8 Å². The molecule has 2 aliphatic heterocycles. The lowest BCUT2D eigenvalue weighted by Crippen LogP contribution is -2.54. The molecule has 0 unspecified atom stereocenters. The fourth-order valence-electron chi connectivity index (χ4n) is 5.20. The van der Waals surface area contributed by atoms with Gasteiger partial charge >= 0.3 is 6.01 Å². The Hall–Kier alpha value is -2.89. The van der Waals surface area contributed by atoms with Crippen LogP contribution in [0.25, 0.3) is 22.0 Å². The van der Waals surface area contributed by atoms with E-state index in [4.69, 9.17) is 16.3 Å². The maximum Gasteiger partial charge on any atom is 0.319 e. The summed E-state index contributed by atoms with van der Waals surface area (Å²) in [6.07, 6.45) is 0.291. The number of hydrogen-bond donors (Lipinski definition) is 2. The summed E-state index contributed by atoms with van der Waals surface area (Å²) in [5.41, 5.74) is -0.808. The molecule has 5 rings (SSSR count). The maximum atomic E-state index is 16.1. The Morgan fingerprint density at radius 1 is 1.21 bits per heavy atom. The van der Waals surface area contributed by atoms with E-state index in [9.17, 15) is 18.3 Å². The summed E-state index contributed by atoms with van der Waals surface area (Å²) >= 11 is 6.49. The molecule has 0 amide bonds. The molecule has 2 fully saturated rings. The first-order valence-electron chi connectivity index (χ1n) is 12.9. The second-order valence-corrected chi connectivity index (χ2v) is 10.7. The highest BCUT2D eigenvalue weighted by atomic mass is 35.5. The van der Waals surface area contributed by atoms with Crippen LogP contribution in [0.4, 0.5) is 23.4 Å². The van der Waals surface area contributed by atoms with Gasteiger partial charge in [-0.2, -0.15) is 9.97 Å². The van der Waals surface area contributed by atoms with Gasteiger partial charge in [-0.1, -0.05) is 17.7 Å². The van der Waals surface area contributed by atoms with E-state index in [2.05, 4.69) is 15.3 Å². The second kappa shape index (κ2) is 10.9. The molecule has 2 saturated heterocycles. The van der Waals surface area contributed by atoms with E-state index in [1.807, 2.05) is 18.7 Å². The quantitative estimate of drug-likeness (QED) is 0.299. The van der Waals surface area contributed by atoms with Gasteiger partial charge in [-0.15, -0.1) is 0 Å². The normalized spacial score (nSPS) is 21.6. The molecule has 2 atom stereocenters.